The summed E-state index contributed by atoms with van der Waals surface area (Å²) < 4.78 is 0.968. The molecule has 1 aliphatic rings. The van der Waals surface area contributed by atoms with Crippen LogP contribution in [0.25, 0.3) is 0 Å². The summed E-state index contributed by atoms with van der Waals surface area (Å²) in [6.45, 7) is 0. The van der Waals surface area contributed by atoms with Crippen LogP contribution in [0.1, 0.15) is 30.0 Å². The Hall–Kier alpha value is -0.410. The number of fused-ring (bicyclic) bond motifs is 1. The van der Waals surface area contributed by atoms with Gasteiger partial charge in [0.25, 0.3) is 0 Å². The molecular weight excluding hydrogens is 216 g/mol. The van der Waals surface area contributed by atoms with Gasteiger partial charge in [-0.05, 0) is 52.4 Å². The van der Waals surface area contributed by atoms with Crippen LogP contribution in [-0.4, -0.2) is 4.98 Å². The van der Waals surface area contributed by atoms with E-state index in [0.29, 0.717) is 0 Å². The van der Waals surface area contributed by atoms with Crippen molar-refractivity contribution >= 4 is 15.9 Å². The van der Waals surface area contributed by atoms with Crippen molar-refractivity contribution in [2.45, 2.75) is 25.3 Å². The Kier molecular flexibility index (Phi) is 2.15. The van der Waals surface area contributed by atoms with Gasteiger partial charge >= 0.3 is 0 Å². The van der Waals surface area contributed by atoms with Crippen molar-refractivity contribution < 1.29 is 0 Å². The van der Waals surface area contributed by atoms with Gasteiger partial charge in [0.1, 0.15) is 4.60 Å². The summed E-state index contributed by atoms with van der Waals surface area (Å²) >= 11 is 3.44. The van der Waals surface area contributed by atoms with Gasteiger partial charge in [-0.3, -0.25) is 0 Å². The molecule has 0 spiro atoms. The van der Waals surface area contributed by atoms with Crippen molar-refractivity contribution in [2.75, 3.05) is 0 Å². The molecule has 0 fully saturated rings. The summed E-state index contributed by atoms with van der Waals surface area (Å²) in [5.41, 5.74) is 8.54. The zero-order valence-corrected chi connectivity index (χ0v) is 8.34. The maximum atomic E-state index is 5.97. The molecule has 1 unspecified atom stereocenters. The maximum absolute atomic E-state index is 5.97. The third-order valence-corrected chi connectivity index (χ3v) is 3.06. The molecule has 2 rings (SSSR count). The summed E-state index contributed by atoms with van der Waals surface area (Å²) in [7, 11) is 0. The molecule has 1 aromatic rings. The minimum Gasteiger partial charge on any atom is -0.324 e. The molecule has 12 heavy (non-hydrogen) atoms. The summed E-state index contributed by atoms with van der Waals surface area (Å²) in [5.74, 6) is 0. The van der Waals surface area contributed by atoms with E-state index in [1.807, 2.05) is 12.3 Å². The quantitative estimate of drug-likeness (QED) is 0.690. The summed E-state index contributed by atoms with van der Waals surface area (Å²) in [4.78, 5) is 4.19. The van der Waals surface area contributed by atoms with Gasteiger partial charge in [-0.25, -0.2) is 4.98 Å². The van der Waals surface area contributed by atoms with Gasteiger partial charge in [0, 0.05) is 12.2 Å². The number of pyridine rings is 1. The first-order chi connectivity index (χ1) is 5.79. The van der Waals surface area contributed by atoms with Crippen LogP contribution >= 0.6 is 15.9 Å². The van der Waals surface area contributed by atoms with Crippen molar-refractivity contribution in [3.05, 3.63) is 28.0 Å². The van der Waals surface area contributed by atoms with Gasteiger partial charge in [-0.2, -0.15) is 0 Å². The molecule has 0 saturated carbocycles. The number of hydrogen-bond donors (Lipinski definition) is 1. The Bertz CT molecular complexity index is 299. The molecule has 0 amide bonds. The lowest BCUT2D eigenvalue weighted by Crippen LogP contribution is -2.17. The molecule has 0 bridgehead atoms. The zero-order valence-electron chi connectivity index (χ0n) is 6.76. The minimum atomic E-state index is 0.216. The fraction of sp³-hybridized carbons (Fsp3) is 0.444. The Labute approximate surface area is 80.3 Å². The molecule has 0 radical (unpaired) electrons. The van der Waals surface area contributed by atoms with Gasteiger partial charge in [0.15, 0.2) is 0 Å². The lowest BCUT2D eigenvalue weighted by molar-refractivity contribution is 0.566. The van der Waals surface area contributed by atoms with E-state index in [1.165, 1.54) is 17.5 Å². The van der Waals surface area contributed by atoms with E-state index in [-0.39, 0.29) is 6.04 Å². The van der Waals surface area contributed by atoms with Gasteiger partial charge in [-0.15, -0.1) is 0 Å². The molecule has 3 heteroatoms. The van der Waals surface area contributed by atoms with E-state index in [9.17, 15) is 0 Å². The highest BCUT2D eigenvalue weighted by Gasteiger charge is 2.18. The highest BCUT2D eigenvalue weighted by atomic mass is 79.9. The zero-order chi connectivity index (χ0) is 8.55. The molecule has 1 aliphatic carbocycles. The lowest BCUT2D eigenvalue weighted by atomic mass is 9.90. The van der Waals surface area contributed by atoms with Crippen molar-refractivity contribution in [1.82, 2.24) is 4.98 Å². The third-order valence-electron chi connectivity index (χ3n) is 2.38. The number of halogens is 1. The highest BCUT2D eigenvalue weighted by Crippen LogP contribution is 2.31. The van der Waals surface area contributed by atoms with E-state index < -0.39 is 0 Å². The second-order valence-corrected chi connectivity index (χ2v) is 3.92. The third kappa shape index (κ3) is 1.27. The van der Waals surface area contributed by atoms with Crippen molar-refractivity contribution in [2.24, 2.45) is 5.73 Å². The van der Waals surface area contributed by atoms with Crippen LogP contribution in [0, 0.1) is 0 Å². The number of nitrogens with two attached hydrogens (primary N) is 1. The molecule has 1 atom stereocenters. The fourth-order valence-corrected chi connectivity index (χ4v) is 2.28. The number of rotatable bonds is 0. The first-order valence-electron chi connectivity index (χ1n) is 4.18. The molecule has 2 nitrogen and oxygen atoms in total. The molecule has 0 aromatic carbocycles. The second-order valence-electron chi connectivity index (χ2n) is 3.17. The van der Waals surface area contributed by atoms with Crippen LogP contribution < -0.4 is 5.73 Å². The average molecular weight is 227 g/mol. The molecular formula is C9H11BrN2. The van der Waals surface area contributed by atoms with Crippen LogP contribution in [0.15, 0.2) is 16.9 Å². The fourth-order valence-electron chi connectivity index (χ4n) is 1.73. The van der Waals surface area contributed by atoms with Gasteiger partial charge in [0.05, 0.1) is 0 Å². The van der Waals surface area contributed by atoms with E-state index in [2.05, 4.69) is 20.9 Å². The van der Waals surface area contributed by atoms with E-state index in [4.69, 9.17) is 5.73 Å². The van der Waals surface area contributed by atoms with Gasteiger partial charge < -0.3 is 5.73 Å². The standard InChI is InChI=1S/C9H11BrN2/c10-9-7-2-1-3-8(11)6(7)4-5-12-9/h4-5,8H,1-3,11H2. The first kappa shape index (κ1) is 8.20. The normalized spacial score (nSPS) is 22.0. The lowest BCUT2D eigenvalue weighted by Gasteiger charge is -2.22. The van der Waals surface area contributed by atoms with Crippen LogP contribution in [-0.2, 0) is 6.42 Å². The molecule has 1 aromatic heterocycles. The molecule has 0 aliphatic heterocycles. The molecule has 64 valence electrons. The smallest absolute Gasteiger partial charge is 0.109 e. The molecule has 1 heterocycles. The van der Waals surface area contributed by atoms with Crippen LogP contribution in [0.4, 0.5) is 0 Å². The van der Waals surface area contributed by atoms with Crippen molar-refractivity contribution in [3.63, 3.8) is 0 Å². The Morgan fingerprint density at radius 1 is 1.58 bits per heavy atom. The average Bonchev–Trinajstić information content (AvgIpc) is 2.07. The Balaban J connectivity index is 2.52. The summed E-state index contributed by atoms with van der Waals surface area (Å²) in [6, 6.07) is 2.25. The Morgan fingerprint density at radius 3 is 3.17 bits per heavy atom. The molecule has 0 saturated heterocycles. The summed E-state index contributed by atoms with van der Waals surface area (Å²) in [5, 5.41) is 0. The monoisotopic (exact) mass is 226 g/mol. The number of aromatic nitrogens is 1. The van der Waals surface area contributed by atoms with Crippen molar-refractivity contribution in [3.8, 4) is 0 Å². The Morgan fingerprint density at radius 2 is 2.42 bits per heavy atom. The number of nitrogens with zero attached hydrogens (tertiary/aromatic N) is 1. The van der Waals surface area contributed by atoms with E-state index in [0.717, 1.165) is 17.4 Å². The predicted molar refractivity (Wildman–Crippen MR) is 51.8 cm³/mol. The topological polar surface area (TPSA) is 38.9 Å². The predicted octanol–water partition coefficient (Wildman–Crippen LogP) is 2.18. The summed E-state index contributed by atoms with van der Waals surface area (Å²) in [6.07, 6.45) is 5.20. The second kappa shape index (κ2) is 3.15. The van der Waals surface area contributed by atoms with Gasteiger partial charge in [0.2, 0.25) is 0 Å². The molecule has 2 N–H and O–H groups in total. The largest absolute Gasteiger partial charge is 0.324 e. The first-order valence-corrected chi connectivity index (χ1v) is 4.97. The van der Waals surface area contributed by atoms with Crippen LogP contribution in [0.5, 0.6) is 0 Å². The van der Waals surface area contributed by atoms with Crippen LogP contribution in [0.2, 0.25) is 0 Å². The van der Waals surface area contributed by atoms with E-state index in [1.54, 1.807) is 0 Å². The SMILES string of the molecule is NC1CCCc2c1ccnc2Br. The highest BCUT2D eigenvalue weighted by molar-refractivity contribution is 9.10. The minimum absolute atomic E-state index is 0.216. The van der Waals surface area contributed by atoms with E-state index >= 15 is 0 Å². The van der Waals surface area contributed by atoms with Crippen molar-refractivity contribution in [1.29, 1.82) is 0 Å². The maximum Gasteiger partial charge on any atom is 0.109 e. The number of hydrogen-bond acceptors (Lipinski definition) is 2. The van der Waals surface area contributed by atoms with Gasteiger partial charge in [-0.1, -0.05) is 0 Å². The van der Waals surface area contributed by atoms with Crippen LogP contribution in [0.3, 0.4) is 0 Å².